The van der Waals surface area contributed by atoms with Crippen molar-refractivity contribution in [2.45, 2.75) is 19.0 Å². The van der Waals surface area contributed by atoms with E-state index in [-0.39, 0.29) is 22.4 Å². The number of nitrogens with one attached hydrogen (secondary N) is 2. The SMILES string of the molecule is CC(C(=O)Nc1n[nH]c2nc(C(F)(F)F)ccc12)c1cc(F)cc(F)c1. The largest absolute Gasteiger partial charge is 0.433 e. The number of benzene rings is 1. The van der Waals surface area contributed by atoms with E-state index in [9.17, 15) is 26.7 Å². The maximum absolute atomic E-state index is 13.3. The molecule has 0 fully saturated rings. The van der Waals surface area contributed by atoms with E-state index in [1.165, 1.54) is 6.92 Å². The minimum Gasteiger partial charge on any atom is -0.308 e. The molecule has 0 saturated heterocycles. The van der Waals surface area contributed by atoms with Crippen LogP contribution in [-0.2, 0) is 11.0 Å². The number of carbonyl (C=O) groups is 1. The van der Waals surface area contributed by atoms with E-state index in [1.54, 1.807) is 0 Å². The maximum atomic E-state index is 13.3. The topological polar surface area (TPSA) is 70.7 Å². The number of anilines is 1. The van der Waals surface area contributed by atoms with Gasteiger partial charge in [-0.25, -0.2) is 13.8 Å². The van der Waals surface area contributed by atoms with Gasteiger partial charge in [-0.1, -0.05) is 0 Å². The highest BCUT2D eigenvalue weighted by molar-refractivity contribution is 6.01. The van der Waals surface area contributed by atoms with Gasteiger partial charge in [-0.3, -0.25) is 9.89 Å². The Morgan fingerprint density at radius 1 is 1.15 bits per heavy atom. The van der Waals surface area contributed by atoms with E-state index in [2.05, 4.69) is 20.5 Å². The van der Waals surface area contributed by atoms with Gasteiger partial charge in [-0.05, 0) is 36.8 Å². The van der Waals surface area contributed by atoms with E-state index in [0.717, 1.165) is 24.3 Å². The first kappa shape index (κ1) is 17.8. The lowest BCUT2D eigenvalue weighted by Gasteiger charge is -2.12. The number of halogens is 5. The van der Waals surface area contributed by atoms with Crippen molar-refractivity contribution in [2.24, 2.45) is 0 Å². The molecule has 0 saturated carbocycles. The molecule has 1 amide bonds. The van der Waals surface area contributed by atoms with Crippen LogP contribution in [0, 0.1) is 11.6 Å². The first-order valence-corrected chi connectivity index (χ1v) is 7.34. The Labute approximate surface area is 143 Å². The van der Waals surface area contributed by atoms with Crippen molar-refractivity contribution in [1.29, 1.82) is 0 Å². The van der Waals surface area contributed by atoms with Gasteiger partial charge in [-0.15, -0.1) is 0 Å². The summed E-state index contributed by atoms with van der Waals surface area (Å²) in [6.45, 7) is 1.43. The normalized spacial score (nSPS) is 13.0. The summed E-state index contributed by atoms with van der Waals surface area (Å²) in [5, 5.41) is 8.63. The summed E-state index contributed by atoms with van der Waals surface area (Å²) in [4.78, 5) is 15.7. The molecular weight excluding hydrogens is 359 g/mol. The smallest absolute Gasteiger partial charge is 0.308 e. The third-order valence-corrected chi connectivity index (χ3v) is 3.73. The molecule has 0 bridgehead atoms. The molecule has 26 heavy (non-hydrogen) atoms. The van der Waals surface area contributed by atoms with Gasteiger partial charge in [0.05, 0.1) is 11.3 Å². The molecule has 1 unspecified atom stereocenters. The average molecular weight is 370 g/mol. The maximum Gasteiger partial charge on any atom is 0.433 e. The van der Waals surface area contributed by atoms with E-state index in [1.807, 2.05) is 0 Å². The minimum atomic E-state index is -4.61. The van der Waals surface area contributed by atoms with Crippen LogP contribution in [0.25, 0.3) is 11.0 Å². The first-order valence-electron chi connectivity index (χ1n) is 7.34. The highest BCUT2D eigenvalue weighted by Crippen LogP contribution is 2.30. The van der Waals surface area contributed by atoms with Gasteiger partial charge < -0.3 is 5.32 Å². The Bertz CT molecular complexity index is 962. The number of amides is 1. The summed E-state index contributed by atoms with van der Waals surface area (Å²) < 4.78 is 64.6. The quantitative estimate of drug-likeness (QED) is 0.685. The molecule has 10 heteroatoms. The van der Waals surface area contributed by atoms with Gasteiger partial charge in [0, 0.05) is 6.07 Å². The number of aromatic nitrogens is 3. The number of hydrogen-bond donors (Lipinski definition) is 2. The Kier molecular flexibility index (Phi) is 4.34. The van der Waals surface area contributed by atoms with E-state index >= 15 is 0 Å². The Balaban J connectivity index is 1.85. The molecule has 0 aliphatic heterocycles. The Morgan fingerprint density at radius 3 is 2.42 bits per heavy atom. The second-order valence-corrected chi connectivity index (χ2v) is 5.58. The molecule has 0 aliphatic carbocycles. The summed E-state index contributed by atoms with van der Waals surface area (Å²) in [5.41, 5.74) is -1.15. The van der Waals surface area contributed by atoms with Crippen LogP contribution in [0.3, 0.4) is 0 Å². The molecule has 2 heterocycles. The molecule has 2 aromatic heterocycles. The van der Waals surface area contributed by atoms with Crippen LogP contribution in [0.15, 0.2) is 30.3 Å². The number of alkyl halides is 3. The predicted molar refractivity (Wildman–Crippen MR) is 82.3 cm³/mol. The Hall–Kier alpha value is -3.04. The van der Waals surface area contributed by atoms with Crippen LogP contribution in [0.1, 0.15) is 24.1 Å². The first-order chi connectivity index (χ1) is 12.1. The molecular formula is C16H11F5N4O. The van der Waals surface area contributed by atoms with Crippen molar-refractivity contribution in [2.75, 3.05) is 5.32 Å². The summed E-state index contributed by atoms with van der Waals surface area (Å²) in [6.07, 6.45) is -4.61. The highest BCUT2D eigenvalue weighted by Gasteiger charge is 2.33. The van der Waals surface area contributed by atoms with Gasteiger partial charge in [0.2, 0.25) is 5.91 Å². The van der Waals surface area contributed by atoms with Crippen LogP contribution in [0.2, 0.25) is 0 Å². The summed E-state index contributed by atoms with van der Waals surface area (Å²) >= 11 is 0. The fraction of sp³-hybridized carbons (Fsp3) is 0.188. The zero-order valence-electron chi connectivity index (χ0n) is 13.2. The van der Waals surface area contributed by atoms with Crippen molar-refractivity contribution < 1.29 is 26.7 Å². The molecule has 0 spiro atoms. The number of fused-ring (bicyclic) bond motifs is 1. The third-order valence-electron chi connectivity index (χ3n) is 3.73. The van der Waals surface area contributed by atoms with E-state index in [4.69, 9.17) is 0 Å². The highest BCUT2D eigenvalue weighted by atomic mass is 19.4. The fourth-order valence-corrected chi connectivity index (χ4v) is 2.36. The second kappa shape index (κ2) is 6.36. The van der Waals surface area contributed by atoms with Gasteiger partial charge in [0.1, 0.15) is 17.3 Å². The Morgan fingerprint density at radius 2 is 1.81 bits per heavy atom. The number of H-pyrrole nitrogens is 1. The van der Waals surface area contributed by atoms with Crippen LogP contribution < -0.4 is 5.32 Å². The standard InChI is InChI=1S/C16H11F5N4O/c1-7(8-4-9(17)6-10(18)5-8)15(26)23-14-11-2-3-12(16(19,20)21)22-13(11)24-25-14/h2-7H,1H3,(H2,22,23,24,25,26). The predicted octanol–water partition coefficient (Wildman–Crippen LogP) is 4.00. The number of rotatable bonds is 3. The van der Waals surface area contributed by atoms with Crippen molar-refractivity contribution in [3.05, 3.63) is 53.2 Å². The number of aromatic amines is 1. The van der Waals surface area contributed by atoms with Crippen molar-refractivity contribution >= 4 is 22.8 Å². The second-order valence-electron chi connectivity index (χ2n) is 5.58. The zero-order valence-corrected chi connectivity index (χ0v) is 13.2. The molecule has 0 aliphatic rings. The fourth-order valence-electron chi connectivity index (χ4n) is 2.36. The van der Waals surface area contributed by atoms with Gasteiger partial charge in [0.15, 0.2) is 11.5 Å². The van der Waals surface area contributed by atoms with Crippen LogP contribution in [0.4, 0.5) is 27.8 Å². The average Bonchev–Trinajstić information content (AvgIpc) is 2.94. The molecule has 0 radical (unpaired) electrons. The van der Waals surface area contributed by atoms with Crippen molar-refractivity contribution in [3.63, 3.8) is 0 Å². The minimum absolute atomic E-state index is 0.0325. The van der Waals surface area contributed by atoms with Crippen molar-refractivity contribution in [1.82, 2.24) is 15.2 Å². The summed E-state index contributed by atoms with van der Waals surface area (Å²) in [7, 11) is 0. The number of hydrogen-bond acceptors (Lipinski definition) is 3. The van der Waals surface area contributed by atoms with E-state index < -0.39 is 35.3 Å². The molecule has 3 aromatic rings. The monoisotopic (exact) mass is 370 g/mol. The van der Waals surface area contributed by atoms with Gasteiger partial charge >= 0.3 is 6.18 Å². The van der Waals surface area contributed by atoms with Crippen LogP contribution >= 0.6 is 0 Å². The lowest BCUT2D eigenvalue weighted by atomic mass is 10.00. The summed E-state index contributed by atoms with van der Waals surface area (Å²) in [6, 6.07) is 4.61. The molecule has 5 nitrogen and oxygen atoms in total. The molecule has 2 N–H and O–H groups in total. The number of carbonyl (C=O) groups excluding carboxylic acids is 1. The molecule has 1 aromatic carbocycles. The van der Waals surface area contributed by atoms with E-state index in [0.29, 0.717) is 6.07 Å². The van der Waals surface area contributed by atoms with Gasteiger partial charge in [-0.2, -0.15) is 18.3 Å². The molecule has 1 atom stereocenters. The van der Waals surface area contributed by atoms with Crippen LogP contribution in [-0.4, -0.2) is 21.1 Å². The van der Waals surface area contributed by atoms with Crippen LogP contribution in [0.5, 0.6) is 0 Å². The zero-order chi connectivity index (χ0) is 19.1. The molecule has 136 valence electrons. The number of nitrogens with zero attached hydrogens (tertiary/aromatic N) is 2. The van der Waals surface area contributed by atoms with Gasteiger partial charge in [0.25, 0.3) is 0 Å². The molecule has 3 rings (SSSR count). The lowest BCUT2D eigenvalue weighted by molar-refractivity contribution is -0.141. The number of pyridine rings is 1. The van der Waals surface area contributed by atoms with Crippen molar-refractivity contribution in [3.8, 4) is 0 Å². The third kappa shape index (κ3) is 3.48. The lowest BCUT2D eigenvalue weighted by Crippen LogP contribution is -2.19. The summed E-state index contributed by atoms with van der Waals surface area (Å²) in [5.74, 6) is -3.24.